The van der Waals surface area contributed by atoms with Crippen LogP contribution in [0.25, 0.3) is 11.3 Å². The summed E-state index contributed by atoms with van der Waals surface area (Å²) in [6, 6.07) is 9.80. The molecule has 1 N–H and O–H groups in total. The van der Waals surface area contributed by atoms with Crippen molar-refractivity contribution in [3.63, 3.8) is 0 Å². The van der Waals surface area contributed by atoms with Crippen LogP contribution in [0, 0.1) is 18.3 Å². The van der Waals surface area contributed by atoms with E-state index in [1.807, 2.05) is 37.3 Å². The Bertz CT molecular complexity index is 900. The van der Waals surface area contributed by atoms with Crippen molar-refractivity contribution in [2.75, 3.05) is 13.1 Å². The molecule has 1 aliphatic carbocycles. The number of likely N-dealkylation sites (tertiary alicyclic amines) is 1. The van der Waals surface area contributed by atoms with Crippen LogP contribution in [-0.2, 0) is 16.0 Å². The first kappa shape index (κ1) is 19.7. The molecule has 1 aliphatic heterocycles. The van der Waals surface area contributed by atoms with Crippen LogP contribution in [0.4, 0.5) is 0 Å². The molecule has 6 nitrogen and oxygen atoms in total. The number of benzene rings is 1. The molecule has 0 spiro atoms. The number of aromatic nitrogens is 1. The normalized spacial score (nSPS) is 22.7. The molecule has 0 radical (unpaired) electrons. The number of nitrogens with zero attached hydrogens (tertiary/aromatic N) is 2. The van der Waals surface area contributed by atoms with Crippen molar-refractivity contribution in [2.24, 2.45) is 11.3 Å². The molecule has 2 aromatic rings. The van der Waals surface area contributed by atoms with Gasteiger partial charge in [-0.2, -0.15) is 0 Å². The molecular formula is C23H28N2O4. The number of carboxylic acid groups (broad SMARTS) is 1. The molecule has 1 aromatic heterocycles. The number of aliphatic carboxylic acids is 1. The average molecular weight is 396 g/mol. The van der Waals surface area contributed by atoms with Gasteiger partial charge in [-0.1, -0.05) is 41.8 Å². The average Bonchev–Trinajstić information content (AvgIpc) is 3.40. The predicted octanol–water partition coefficient (Wildman–Crippen LogP) is 4.08. The first-order valence-corrected chi connectivity index (χ1v) is 10.5. The lowest BCUT2D eigenvalue weighted by Crippen LogP contribution is -2.52. The van der Waals surface area contributed by atoms with Crippen LogP contribution in [0.1, 0.15) is 49.8 Å². The van der Waals surface area contributed by atoms with Gasteiger partial charge in [-0.3, -0.25) is 9.59 Å². The number of hydrogen-bond donors (Lipinski definition) is 1. The molecule has 2 fully saturated rings. The zero-order chi connectivity index (χ0) is 20.4. The quantitative estimate of drug-likeness (QED) is 0.823. The van der Waals surface area contributed by atoms with Gasteiger partial charge in [0.1, 0.15) is 11.5 Å². The predicted molar refractivity (Wildman–Crippen MR) is 108 cm³/mol. The highest BCUT2D eigenvalue weighted by Gasteiger charge is 2.45. The highest BCUT2D eigenvalue weighted by Crippen LogP contribution is 2.37. The second-order valence-electron chi connectivity index (χ2n) is 8.65. The van der Waals surface area contributed by atoms with E-state index in [0.717, 1.165) is 36.8 Å². The minimum absolute atomic E-state index is 0.0674. The van der Waals surface area contributed by atoms with Gasteiger partial charge in [0.25, 0.3) is 0 Å². The number of amides is 1. The SMILES string of the molecule is Cc1cccc(-c2cc(C[C@]3(C(=O)O)CCCN(C(=O)C4CCCC4)C3)on2)c1. The van der Waals surface area contributed by atoms with E-state index in [1.165, 1.54) is 0 Å². The highest BCUT2D eigenvalue weighted by molar-refractivity contribution is 5.81. The lowest BCUT2D eigenvalue weighted by Gasteiger charge is -2.40. The summed E-state index contributed by atoms with van der Waals surface area (Å²) in [6.07, 6.45) is 5.52. The molecule has 0 bridgehead atoms. The number of piperidine rings is 1. The van der Waals surface area contributed by atoms with Gasteiger partial charge < -0.3 is 14.5 Å². The summed E-state index contributed by atoms with van der Waals surface area (Å²) >= 11 is 0. The standard InChI is InChI=1S/C23H28N2O4/c1-16-6-4-9-18(12-16)20-13-19(29-24-20)14-23(22(27)28)10-5-11-25(15-23)21(26)17-7-2-3-8-17/h4,6,9,12-13,17H,2-3,5,7-8,10-11,14-15H2,1H3,(H,27,28)/t23-/m1/s1. The molecule has 0 unspecified atom stereocenters. The molecule has 1 saturated heterocycles. The first-order valence-electron chi connectivity index (χ1n) is 10.5. The molecular weight excluding hydrogens is 368 g/mol. The van der Waals surface area contributed by atoms with Gasteiger partial charge in [0.2, 0.25) is 5.91 Å². The Hall–Kier alpha value is -2.63. The fraction of sp³-hybridized carbons (Fsp3) is 0.522. The molecule has 29 heavy (non-hydrogen) atoms. The largest absolute Gasteiger partial charge is 0.481 e. The smallest absolute Gasteiger partial charge is 0.311 e. The summed E-state index contributed by atoms with van der Waals surface area (Å²) < 4.78 is 5.52. The van der Waals surface area contributed by atoms with Crippen molar-refractivity contribution in [2.45, 2.75) is 51.9 Å². The zero-order valence-corrected chi connectivity index (χ0v) is 16.9. The molecule has 1 atom stereocenters. The number of rotatable bonds is 5. The van der Waals surface area contributed by atoms with E-state index < -0.39 is 11.4 Å². The molecule has 1 aromatic carbocycles. The summed E-state index contributed by atoms with van der Waals surface area (Å²) in [4.78, 5) is 27.0. The Kier molecular flexibility index (Phi) is 5.43. The molecule has 1 amide bonds. The fourth-order valence-electron chi connectivity index (χ4n) is 4.82. The van der Waals surface area contributed by atoms with Crippen molar-refractivity contribution < 1.29 is 19.2 Å². The van der Waals surface area contributed by atoms with Gasteiger partial charge in [-0.25, -0.2) is 0 Å². The van der Waals surface area contributed by atoms with Crippen molar-refractivity contribution >= 4 is 11.9 Å². The lowest BCUT2D eigenvalue weighted by molar-refractivity contribution is -0.156. The first-order chi connectivity index (χ1) is 14.0. The Balaban J connectivity index is 1.53. The van der Waals surface area contributed by atoms with Gasteiger partial charge in [0, 0.05) is 37.1 Å². The maximum absolute atomic E-state index is 12.9. The van der Waals surface area contributed by atoms with Crippen molar-refractivity contribution in [3.8, 4) is 11.3 Å². The molecule has 4 rings (SSSR count). The fourth-order valence-corrected chi connectivity index (χ4v) is 4.82. The number of aryl methyl sites for hydroxylation is 1. The Morgan fingerprint density at radius 3 is 2.76 bits per heavy atom. The topological polar surface area (TPSA) is 83.6 Å². The summed E-state index contributed by atoms with van der Waals surface area (Å²) in [5.41, 5.74) is 1.77. The molecule has 2 heterocycles. The molecule has 154 valence electrons. The van der Waals surface area contributed by atoms with E-state index in [9.17, 15) is 14.7 Å². The third-order valence-corrected chi connectivity index (χ3v) is 6.43. The van der Waals surface area contributed by atoms with E-state index in [2.05, 4.69) is 5.16 Å². The second kappa shape index (κ2) is 8.01. The van der Waals surface area contributed by atoms with E-state index in [1.54, 1.807) is 4.90 Å². The third kappa shape index (κ3) is 4.07. The zero-order valence-electron chi connectivity index (χ0n) is 16.9. The summed E-state index contributed by atoms with van der Waals surface area (Å²) in [6.45, 7) is 2.91. The molecule has 2 aliphatic rings. The Labute approximate surface area is 170 Å². The minimum atomic E-state index is -1.02. The van der Waals surface area contributed by atoms with Crippen molar-refractivity contribution in [1.29, 1.82) is 0 Å². The summed E-state index contributed by atoms with van der Waals surface area (Å²) in [5.74, 6) is -0.113. The van der Waals surface area contributed by atoms with Crippen molar-refractivity contribution in [3.05, 3.63) is 41.7 Å². The molecule has 1 saturated carbocycles. The highest BCUT2D eigenvalue weighted by atomic mass is 16.5. The number of carboxylic acids is 1. The number of carbonyl (C=O) groups excluding carboxylic acids is 1. The molecule has 6 heteroatoms. The van der Waals surface area contributed by atoms with E-state index in [0.29, 0.717) is 30.8 Å². The third-order valence-electron chi connectivity index (χ3n) is 6.43. The van der Waals surface area contributed by atoms with Gasteiger partial charge in [-0.15, -0.1) is 0 Å². The van der Waals surface area contributed by atoms with Gasteiger partial charge in [0.05, 0.1) is 5.41 Å². The second-order valence-corrected chi connectivity index (χ2v) is 8.65. The van der Waals surface area contributed by atoms with Gasteiger partial charge in [-0.05, 0) is 38.7 Å². The lowest BCUT2D eigenvalue weighted by atomic mass is 9.76. The van der Waals surface area contributed by atoms with E-state index in [-0.39, 0.29) is 24.8 Å². The van der Waals surface area contributed by atoms with Crippen LogP contribution in [0.2, 0.25) is 0 Å². The maximum atomic E-state index is 12.9. The van der Waals surface area contributed by atoms with Crippen LogP contribution in [-0.4, -0.2) is 40.1 Å². The monoisotopic (exact) mass is 396 g/mol. The van der Waals surface area contributed by atoms with Gasteiger partial charge in [0.15, 0.2) is 0 Å². The van der Waals surface area contributed by atoms with E-state index >= 15 is 0 Å². The van der Waals surface area contributed by atoms with Crippen molar-refractivity contribution in [1.82, 2.24) is 10.1 Å². The minimum Gasteiger partial charge on any atom is -0.481 e. The van der Waals surface area contributed by atoms with Gasteiger partial charge >= 0.3 is 5.97 Å². The van der Waals surface area contributed by atoms with E-state index in [4.69, 9.17) is 4.52 Å². The van der Waals surface area contributed by atoms with Crippen LogP contribution in [0.5, 0.6) is 0 Å². The number of hydrogen-bond acceptors (Lipinski definition) is 4. The van der Waals surface area contributed by atoms with Crippen LogP contribution >= 0.6 is 0 Å². The number of carbonyl (C=O) groups is 2. The summed E-state index contributed by atoms with van der Waals surface area (Å²) in [7, 11) is 0. The van der Waals surface area contributed by atoms with Crippen LogP contribution in [0.15, 0.2) is 34.9 Å². The Morgan fingerprint density at radius 2 is 2.03 bits per heavy atom. The summed E-state index contributed by atoms with van der Waals surface area (Å²) in [5, 5.41) is 14.2. The maximum Gasteiger partial charge on any atom is 0.311 e. The van der Waals surface area contributed by atoms with Crippen LogP contribution in [0.3, 0.4) is 0 Å². The Morgan fingerprint density at radius 1 is 1.24 bits per heavy atom. The van der Waals surface area contributed by atoms with Crippen LogP contribution < -0.4 is 0 Å².